The molecule has 0 aromatic rings. The molecule has 4 aliphatic carbocycles. The molecule has 7 atom stereocenters. The van der Waals surface area contributed by atoms with Crippen LogP contribution in [0, 0.1) is 51.2 Å². The van der Waals surface area contributed by atoms with Gasteiger partial charge >= 0.3 is 0 Å². The van der Waals surface area contributed by atoms with Gasteiger partial charge in [-0.25, -0.2) is 0 Å². The molecule has 0 bridgehead atoms. The van der Waals surface area contributed by atoms with E-state index >= 15 is 0 Å². The lowest BCUT2D eigenvalue weighted by atomic mass is 9.34. The first-order valence-corrected chi connectivity index (χ1v) is 13.5. The fourth-order valence-electron chi connectivity index (χ4n) is 9.29. The van der Waals surface area contributed by atoms with Crippen LogP contribution in [0.5, 0.6) is 0 Å². The lowest BCUT2D eigenvalue weighted by molar-refractivity contribution is -0.207. The maximum Gasteiger partial charge on any atom is 0.162 e. The van der Waals surface area contributed by atoms with Gasteiger partial charge in [0.1, 0.15) is 5.78 Å². The van der Waals surface area contributed by atoms with E-state index in [0.717, 1.165) is 50.5 Å². The van der Waals surface area contributed by atoms with Crippen LogP contribution in [0.3, 0.4) is 0 Å². The van der Waals surface area contributed by atoms with E-state index in [2.05, 4.69) is 48.5 Å². The third-order valence-electron chi connectivity index (χ3n) is 11.7. The Morgan fingerprint density at radius 1 is 0.818 bits per heavy atom. The number of hydrogen-bond donors (Lipinski definition) is 0. The standard InChI is InChI=1S/C30H46O3/c1-18(2)20-17-22(31)19(3)11-15-29(7)21(26(20)33)9-10-24-28(6)14-13-25(32)27(4,5)23(28)12-16-30(24,29)8/h17-19,21,23-24H,9-16H2,1-8H3/b20-17-/t19-,21+,23-,24+,28-,29+,30+/m0/s1. The van der Waals surface area contributed by atoms with Gasteiger partial charge in [-0.1, -0.05) is 55.4 Å². The summed E-state index contributed by atoms with van der Waals surface area (Å²) in [4.78, 5) is 39.9. The molecule has 3 nitrogen and oxygen atoms in total. The first-order chi connectivity index (χ1) is 15.2. The van der Waals surface area contributed by atoms with Crippen molar-refractivity contribution in [1.82, 2.24) is 0 Å². The Labute approximate surface area is 201 Å². The lowest BCUT2D eigenvalue weighted by Crippen LogP contribution is -2.64. The first-order valence-electron chi connectivity index (χ1n) is 13.5. The molecule has 0 amide bonds. The molecule has 0 spiro atoms. The van der Waals surface area contributed by atoms with Crippen molar-refractivity contribution >= 4 is 17.3 Å². The van der Waals surface area contributed by atoms with Crippen LogP contribution in [0.4, 0.5) is 0 Å². The molecule has 0 N–H and O–H groups in total. The van der Waals surface area contributed by atoms with E-state index in [0.29, 0.717) is 24.0 Å². The van der Waals surface area contributed by atoms with Gasteiger partial charge in [-0.15, -0.1) is 0 Å². The minimum atomic E-state index is -0.255. The Kier molecular flexibility index (Phi) is 5.94. The van der Waals surface area contributed by atoms with Crippen molar-refractivity contribution in [3.8, 4) is 0 Å². The van der Waals surface area contributed by atoms with Gasteiger partial charge in [0.25, 0.3) is 0 Å². The molecule has 0 aromatic carbocycles. The molecule has 3 heteroatoms. The minimum Gasteiger partial charge on any atom is -0.299 e. The van der Waals surface area contributed by atoms with Gasteiger partial charge in [0, 0.05) is 29.2 Å². The SMILES string of the molecule is CC(C)/C1=C/C(=O)[C@@H](C)CC[C@]2(C)[C@H](CC[C@@H]3[C@@]4(C)CCC(=O)C(C)(C)[C@@H]4CC[C@]32C)C1=O. The monoisotopic (exact) mass is 454 g/mol. The zero-order chi connectivity index (χ0) is 24.6. The van der Waals surface area contributed by atoms with Crippen molar-refractivity contribution in [2.75, 3.05) is 0 Å². The number of hydrogen-bond acceptors (Lipinski definition) is 3. The van der Waals surface area contributed by atoms with Crippen molar-refractivity contribution in [2.45, 2.75) is 107 Å². The summed E-state index contributed by atoms with van der Waals surface area (Å²) in [6, 6.07) is 0. The normalized spacial score (nSPS) is 47.4. The van der Waals surface area contributed by atoms with Gasteiger partial charge < -0.3 is 0 Å². The van der Waals surface area contributed by atoms with Crippen molar-refractivity contribution in [3.05, 3.63) is 11.6 Å². The molecule has 184 valence electrons. The molecule has 0 radical (unpaired) electrons. The number of rotatable bonds is 1. The van der Waals surface area contributed by atoms with Crippen LogP contribution in [0.15, 0.2) is 11.6 Å². The molecule has 4 rings (SSSR count). The summed E-state index contributed by atoms with van der Waals surface area (Å²) in [7, 11) is 0. The Morgan fingerprint density at radius 2 is 1.45 bits per heavy atom. The average Bonchev–Trinajstić information content (AvgIpc) is 2.76. The van der Waals surface area contributed by atoms with Gasteiger partial charge in [-0.2, -0.15) is 0 Å². The summed E-state index contributed by atoms with van der Waals surface area (Å²) in [5, 5.41) is 0. The van der Waals surface area contributed by atoms with Crippen LogP contribution >= 0.6 is 0 Å². The summed E-state index contributed by atoms with van der Waals surface area (Å²) >= 11 is 0. The first kappa shape index (κ1) is 24.9. The zero-order valence-electron chi connectivity index (χ0n) is 22.3. The molecule has 0 heterocycles. The lowest BCUT2D eigenvalue weighted by Gasteiger charge is -2.69. The van der Waals surface area contributed by atoms with Gasteiger partial charge in [-0.05, 0) is 85.0 Å². The highest BCUT2D eigenvalue weighted by Gasteiger charge is 2.67. The predicted molar refractivity (Wildman–Crippen MR) is 133 cm³/mol. The Morgan fingerprint density at radius 3 is 2.09 bits per heavy atom. The molecule has 0 unspecified atom stereocenters. The summed E-state index contributed by atoms with van der Waals surface area (Å²) in [6.07, 6.45) is 9.30. The van der Waals surface area contributed by atoms with Crippen LogP contribution in [0.25, 0.3) is 0 Å². The summed E-state index contributed by atoms with van der Waals surface area (Å²) in [6.45, 7) is 17.9. The zero-order valence-corrected chi connectivity index (χ0v) is 22.3. The van der Waals surface area contributed by atoms with Crippen molar-refractivity contribution in [1.29, 1.82) is 0 Å². The molecule has 0 aliphatic heterocycles. The van der Waals surface area contributed by atoms with E-state index in [-0.39, 0.29) is 51.0 Å². The largest absolute Gasteiger partial charge is 0.299 e. The second kappa shape index (κ2) is 7.89. The van der Waals surface area contributed by atoms with Crippen molar-refractivity contribution in [2.24, 2.45) is 51.2 Å². The van der Waals surface area contributed by atoms with Crippen LogP contribution in [0.1, 0.15) is 107 Å². The van der Waals surface area contributed by atoms with E-state index in [4.69, 9.17) is 0 Å². The summed E-state index contributed by atoms with van der Waals surface area (Å²) in [5.74, 6) is 1.75. The summed E-state index contributed by atoms with van der Waals surface area (Å²) < 4.78 is 0. The van der Waals surface area contributed by atoms with Crippen LogP contribution in [-0.2, 0) is 14.4 Å². The van der Waals surface area contributed by atoms with Crippen LogP contribution in [0.2, 0.25) is 0 Å². The van der Waals surface area contributed by atoms with Crippen LogP contribution < -0.4 is 0 Å². The smallest absolute Gasteiger partial charge is 0.162 e. The Hall–Kier alpha value is -1.25. The molecular formula is C30H46O3. The molecule has 3 saturated carbocycles. The average molecular weight is 455 g/mol. The third kappa shape index (κ3) is 3.38. The van der Waals surface area contributed by atoms with Gasteiger partial charge in [0.15, 0.2) is 11.6 Å². The van der Waals surface area contributed by atoms with Crippen molar-refractivity contribution in [3.63, 3.8) is 0 Å². The Balaban J connectivity index is 1.80. The molecule has 33 heavy (non-hydrogen) atoms. The fourth-order valence-corrected chi connectivity index (χ4v) is 9.29. The topological polar surface area (TPSA) is 51.2 Å². The molecule has 3 fully saturated rings. The van der Waals surface area contributed by atoms with Gasteiger partial charge in [0.2, 0.25) is 0 Å². The second-order valence-electron chi connectivity index (χ2n) is 13.7. The van der Waals surface area contributed by atoms with E-state index in [1.165, 1.54) is 0 Å². The van der Waals surface area contributed by atoms with E-state index in [1.54, 1.807) is 6.08 Å². The van der Waals surface area contributed by atoms with Gasteiger partial charge in [-0.3, -0.25) is 14.4 Å². The number of ketones is 3. The van der Waals surface area contributed by atoms with E-state index in [1.807, 2.05) is 6.92 Å². The number of Topliss-reactive ketones (excluding diaryl/α,β-unsaturated/α-hetero) is 2. The highest BCUT2D eigenvalue weighted by Crippen LogP contribution is 2.72. The van der Waals surface area contributed by atoms with Crippen molar-refractivity contribution < 1.29 is 14.4 Å². The van der Waals surface area contributed by atoms with Crippen LogP contribution in [-0.4, -0.2) is 17.3 Å². The maximum atomic E-state index is 14.0. The molecule has 4 aliphatic rings. The second-order valence-corrected chi connectivity index (χ2v) is 13.7. The summed E-state index contributed by atoms with van der Waals surface area (Å²) in [5.41, 5.74) is 0.547. The Bertz CT molecular complexity index is 894. The van der Waals surface area contributed by atoms with E-state index in [9.17, 15) is 14.4 Å². The number of fused-ring (bicyclic) bond motifs is 5. The number of allylic oxidation sites excluding steroid dienone is 2. The number of carbonyl (C=O) groups excluding carboxylic acids is 3. The quantitative estimate of drug-likeness (QED) is 0.429. The fraction of sp³-hybridized carbons (Fsp3) is 0.833. The van der Waals surface area contributed by atoms with E-state index < -0.39 is 0 Å². The third-order valence-corrected chi connectivity index (χ3v) is 11.7. The predicted octanol–water partition coefficient (Wildman–Crippen LogP) is 6.98. The highest BCUT2D eigenvalue weighted by molar-refractivity contribution is 6.05. The highest BCUT2D eigenvalue weighted by atomic mass is 16.1. The van der Waals surface area contributed by atoms with Gasteiger partial charge in [0.05, 0.1) is 0 Å². The maximum absolute atomic E-state index is 14.0. The number of carbonyl (C=O) groups is 3. The molecule has 0 aromatic heterocycles. The molecule has 0 saturated heterocycles. The minimum absolute atomic E-state index is 0.0103. The molecular weight excluding hydrogens is 408 g/mol.